The first-order valence-corrected chi connectivity index (χ1v) is 13.0. The highest BCUT2D eigenvalue weighted by Crippen LogP contribution is 2.34. The van der Waals surface area contributed by atoms with Gasteiger partial charge in [0.1, 0.15) is 18.9 Å². The molecule has 9 heteroatoms. The van der Waals surface area contributed by atoms with Gasteiger partial charge in [-0.15, -0.1) is 11.3 Å². The fraction of sp³-hybridized carbons (Fsp3) is 0.296. The minimum atomic E-state index is -0.250. The normalized spacial score (nSPS) is 15.7. The van der Waals surface area contributed by atoms with Crippen molar-refractivity contribution in [2.24, 2.45) is 0 Å². The van der Waals surface area contributed by atoms with Gasteiger partial charge in [-0.2, -0.15) is 0 Å². The summed E-state index contributed by atoms with van der Waals surface area (Å²) in [7, 11) is 0. The number of aromatic amines is 1. The minimum absolute atomic E-state index is 0.150. The maximum atomic E-state index is 12.9. The van der Waals surface area contributed by atoms with Crippen LogP contribution in [0.25, 0.3) is 10.9 Å². The fourth-order valence-electron chi connectivity index (χ4n) is 4.82. The van der Waals surface area contributed by atoms with E-state index in [-0.39, 0.29) is 17.7 Å². The summed E-state index contributed by atoms with van der Waals surface area (Å²) >= 11 is 1.51. The van der Waals surface area contributed by atoms with E-state index in [0.29, 0.717) is 55.6 Å². The van der Waals surface area contributed by atoms with Gasteiger partial charge >= 0.3 is 0 Å². The molecule has 6 rings (SSSR count). The number of H-pyrrole nitrogens is 1. The van der Waals surface area contributed by atoms with E-state index in [9.17, 15) is 9.59 Å². The summed E-state index contributed by atoms with van der Waals surface area (Å²) in [4.78, 5) is 35.5. The Morgan fingerprint density at radius 1 is 1.08 bits per heavy atom. The van der Waals surface area contributed by atoms with E-state index in [4.69, 9.17) is 9.47 Å². The Hall–Kier alpha value is -3.85. The molecule has 0 unspecified atom stereocenters. The second-order valence-corrected chi connectivity index (χ2v) is 9.96. The number of amides is 2. The molecule has 1 fully saturated rings. The van der Waals surface area contributed by atoms with Gasteiger partial charge in [0.15, 0.2) is 11.5 Å². The van der Waals surface area contributed by atoms with Crippen LogP contribution in [0, 0.1) is 0 Å². The molecule has 2 amide bonds. The second-order valence-electron chi connectivity index (χ2n) is 9.07. The third-order valence-electron chi connectivity index (χ3n) is 6.77. The molecule has 2 aliphatic rings. The van der Waals surface area contributed by atoms with Crippen molar-refractivity contribution in [2.75, 3.05) is 31.6 Å². The molecule has 2 aromatic heterocycles. The number of hydrogen-bond acceptors (Lipinski definition) is 6. The van der Waals surface area contributed by atoms with Gasteiger partial charge in [-0.05, 0) is 36.6 Å². The molecule has 36 heavy (non-hydrogen) atoms. The van der Waals surface area contributed by atoms with Crippen LogP contribution in [0.4, 0.5) is 5.69 Å². The molecule has 2 aromatic carbocycles. The monoisotopic (exact) mass is 502 g/mol. The number of rotatable bonds is 5. The predicted molar refractivity (Wildman–Crippen MR) is 138 cm³/mol. The van der Waals surface area contributed by atoms with Gasteiger partial charge < -0.3 is 24.7 Å². The number of para-hydroxylation sites is 1. The molecule has 0 bridgehead atoms. The van der Waals surface area contributed by atoms with E-state index >= 15 is 0 Å². The van der Waals surface area contributed by atoms with Gasteiger partial charge in [-0.25, -0.2) is 4.98 Å². The molecule has 2 aliphatic heterocycles. The second kappa shape index (κ2) is 9.66. The Balaban J connectivity index is 1.04. The minimum Gasteiger partial charge on any atom is -0.486 e. The summed E-state index contributed by atoms with van der Waals surface area (Å²) in [6, 6.07) is 13.4. The van der Waals surface area contributed by atoms with Crippen LogP contribution in [-0.4, -0.2) is 53.0 Å². The van der Waals surface area contributed by atoms with Crippen molar-refractivity contribution < 1.29 is 19.1 Å². The van der Waals surface area contributed by atoms with E-state index < -0.39 is 0 Å². The van der Waals surface area contributed by atoms with Gasteiger partial charge in [0, 0.05) is 53.2 Å². The Morgan fingerprint density at radius 3 is 2.75 bits per heavy atom. The Kier molecular flexibility index (Phi) is 6.06. The average Bonchev–Trinajstić information content (AvgIpc) is 3.57. The van der Waals surface area contributed by atoms with Crippen LogP contribution in [0.5, 0.6) is 11.5 Å². The number of likely N-dealkylation sites (tertiary alicyclic amines) is 1. The summed E-state index contributed by atoms with van der Waals surface area (Å²) in [5, 5.41) is 6.75. The van der Waals surface area contributed by atoms with Crippen molar-refractivity contribution >= 4 is 39.7 Å². The number of anilines is 1. The Morgan fingerprint density at radius 2 is 1.89 bits per heavy atom. The van der Waals surface area contributed by atoms with E-state index in [1.54, 1.807) is 23.6 Å². The smallest absolute Gasteiger partial charge is 0.275 e. The van der Waals surface area contributed by atoms with Crippen LogP contribution in [-0.2, 0) is 11.2 Å². The van der Waals surface area contributed by atoms with E-state index in [0.717, 1.165) is 34.3 Å². The Bertz CT molecular complexity index is 1420. The maximum absolute atomic E-state index is 12.9. The van der Waals surface area contributed by atoms with Crippen LogP contribution in [0.15, 0.2) is 54.0 Å². The molecule has 0 radical (unpaired) electrons. The number of carbonyl (C=O) groups excluding carboxylic acids is 2. The van der Waals surface area contributed by atoms with E-state index in [1.165, 1.54) is 11.3 Å². The van der Waals surface area contributed by atoms with Gasteiger partial charge in [0.2, 0.25) is 5.91 Å². The van der Waals surface area contributed by atoms with Crippen molar-refractivity contribution in [2.45, 2.75) is 25.2 Å². The number of thiazole rings is 1. The highest BCUT2D eigenvalue weighted by atomic mass is 32.1. The largest absolute Gasteiger partial charge is 0.486 e. The molecule has 1 saturated heterocycles. The summed E-state index contributed by atoms with van der Waals surface area (Å²) in [5.41, 5.74) is 3.13. The molecular weight excluding hydrogens is 476 g/mol. The molecule has 0 spiro atoms. The van der Waals surface area contributed by atoms with Crippen LogP contribution in [0.3, 0.4) is 0 Å². The third kappa shape index (κ3) is 4.54. The molecule has 0 atom stereocenters. The number of fused-ring (bicyclic) bond motifs is 2. The first-order valence-electron chi connectivity index (χ1n) is 12.1. The molecule has 0 aliphatic carbocycles. The van der Waals surface area contributed by atoms with Crippen LogP contribution < -0.4 is 14.8 Å². The van der Waals surface area contributed by atoms with Crippen molar-refractivity contribution in [1.29, 1.82) is 0 Å². The fourth-order valence-corrected chi connectivity index (χ4v) is 5.80. The number of piperidine rings is 1. The lowest BCUT2D eigenvalue weighted by Gasteiger charge is -2.31. The molecule has 2 N–H and O–H groups in total. The summed E-state index contributed by atoms with van der Waals surface area (Å²) in [6.45, 7) is 2.42. The molecule has 8 nitrogen and oxygen atoms in total. The number of ether oxygens (including phenoxy) is 2. The lowest BCUT2D eigenvalue weighted by molar-refractivity contribution is -0.131. The van der Waals surface area contributed by atoms with Crippen molar-refractivity contribution in [3.63, 3.8) is 0 Å². The number of carbonyl (C=O) groups is 2. The molecule has 4 heterocycles. The van der Waals surface area contributed by atoms with Crippen molar-refractivity contribution in [3.8, 4) is 11.5 Å². The number of nitrogens with one attached hydrogen (secondary N) is 2. The molecule has 184 valence electrons. The molecule has 4 aromatic rings. The summed E-state index contributed by atoms with van der Waals surface area (Å²) < 4.78 is 11.1. The van der Waals surface area contributed by atoms with Gasteiger partial charge in [0.25, 0.3) is 5.91 Å². The van der Waals surface area contributed by atoms with Gasteiger partial charge in [-0.3, -0.25) is 9.59 Å². The number of hydrogen-bond donors (Lipinski definition) is 2. The number of nitrogens with zero attached hydrogens (tertiary/aromatic N) is 2. The Labute approximate surface area is 212 Å². The molecular formula is C27H26N4O4S. The van der Waals surface area contributed by atoms with Gasteiger partial charge in [0.05, 0.1) is 11.4 Å². The zero-order chi connectivity index (χ0) is 24.5. The molecule has 0 saturated carbocycles. The van der Waals surface area contributed by atoms with Crippen LogP contribution >= 0.6 is 11.3 Å². The van der Waals surface area contributed by atoms with Gasteiger partial charge in [-0.1, -0.05) is 18.2 Å². The highest BCUT2D eigenvalue weighted by Gasteiger charge is 2.27. The van der Waals surface area contributed by atoms with E-state index in [1.807, 2.05) is 35.4 Å². The first kappa shape index (κ1) is 22.6. The quantitative estimate of drug-likeness (QED) is 0.416. The number of aromatic nitrogens is 2. The summed E-state index contributed by atoms with van der Waals surface area (Å²) in [6.07, 6.45) is 4.02. The topological polar surface area (TPSA) is 96.5 Å². The number of benzene rings is 2. The van der Waals surface area contributed by atoms with Crippen LogP contribution in [0.1, 0.15) is 39.8 Å². The zero-order valence-electron chi connectivity index (χ0n) is 19.7. The van der Waals surface area contributed by atoms with Crippen molar-refractivity contribution in [3.05, 3.63) is 70.3 Å². The van der Waals surface area contributed by atoms with E-state index in [2.05, 4.69) is 15.3 Å². The van der Waals surface area contributed by atoms with Crippen molar-refractivity contribution in [1.82, 2.24) is 14.9 Å². The summed E-state index contributed by atoms with van der Waals surface area (Å²) in [5.74, 6) is 1.46. The third-order valence-corrected chi connectivity index (χ3v) is 7.78. The van der Waals surface area contributed by atoms with Crippen LogP contribution in [0.2, 0.25) is 0 Å². The lowest BCUT2D eigenvalue weighted by atomic mass is 9.97. The lowest BCUT2D eigenvalue weighted by Crippen LogP contribution is -2.38. The maximum Gasteiger partial charge on any atom is 0.275 e. The zero-order valence-corrected chi connectivity index (χ0v) is 20.5. The average molecular weight is 503 g/mol. The SMILES string of the molecule is O=C(Nc1ccc2c(c1)OCCO2)c1csc(C2CCN(C(=O)Cc3c[nH]c4ccccc34)CC2)n1. The first-order chi connectivity index (χ1) is 17.6. The highest BCUT2D eigenvalue weighted by molar-refractivity contribution is 7.10. The standard InChI is InChI=1S/C27H26N4O4S/c32-25(13-18-15-28-21-4-2-1-3-20(18)21)31-9-7-17(8-10-31)27-30-22(16-36-27)26(33)29-19-5-6-23-24(14-19)35-12-11-34-23/h1-6,14-17,28H,7-13H2,(H,29,33). The predicted octanol–water partition coefficient (Wildman–Crippen LogP) is 4.60.